The molecule has 34 heavy (non-hydrogen) atoms. The number of benzene rings is 2. The number of urea groups is 1. The van der Waals surface area contributed by atoms with E-state index < -0.39 is 11.9 Å². The highest BCUT2D eigenvalue weighted by atomic mass is 35.5. The molecule has 2 heterocycles. The highest BCUT2D eigenvalue weighted by Gasteiger charge is 2.35. The average Bonchev–Trinajstić information content (AvgIpc) is 3.02. The molecule has 1 saturated heterocycles. The minimum absolute atomic E-state index is 0.0434. The van der Waals surface area contributed by atoms with Gasteiger partial charge in [-0.15, -0.1) is 0 Å². The van der Waals surface area contributed by atoms with Crippen molar-refractivity contribution in [1.29, 1.82) is 0 Å². The van der Waals surface area contributed by atoms with Crippen molar-refractivity contribution in [2.45, 2.75) is 39.8 Å². The van der Waals surface area contributed by atoms with E-state index in [1.807, 2.05) is 12.1 Å². The van der Waals surface area contributed by atoms with Crippen LogP contribution in [0.2, 0.25) is 10.0 Å². The Bertz CT molecular complexity index is 1250. The number of fused-ring (bicyclic) bond motifs is 1. The van der Waals surface area contributed by atoms with Gasteiger partial charge < -0.3 is 15.0 Å². The molecule has 2 aromatic rings. The highest BCUT2D eigenvalue weighted by molar-refractivity contribution is 6.35. The van der Waals surface area contributed by atoms with Crippen molar-refractivity contribution >= 4 is 52.5 Å². The first-order chi connectivity index (χ1) is 16.1. The summed E-state index contributed by atoms with van der Waals surface area (Å²) in [5.41, 5.74) is 4.68. The molecule has 0 saturated carbocycles. The molecule has 0 bridgehead atoms. The Morgan fingerprint density at radius 1 is 1.15 bits per heavy atom. The molecule has 2 aliphatic rings. The van der Waals surface area contributed by atoms with Crippen LogP contribution in [0.5, 0.6) is 5.75 Å². The van der Waals surface area contributed by atoms with E-state index in [1.54, 1.807) is 31.4 Å². The van der Waals surface area contributed by atoms with Gasteiger partial charge in [0.05, 0.1) is 19.2 Å². The second kappa shape index (κ2) is 9.01. The number of nitrogens with one attached hydrogen (secondary N) is 1. The number of anilines is 1. The first-order valence-electron chi connectivity index (χ1n) is 11.0. The third-order valence-electron chi connectivity index (χ3n) is 6.25. The van der Waals surface area contributed by atoms with Crippen LogP contribution in [0.3, 0.4) is 0 Å². The number of halogens is 2. The Morgan fingerprint density at radius 3 is 2.53 bits per heavy atom. The fourth-order valence-corrected chi connectivity index (χ4v) is 5.15. The molecule has 0 unspecified atom stereocenters. The molecule has 0 aliphatic carbocycles. The van der Waals surface area contributed by atoms with Crippen LogP contribution >= 0.6 is 23.2 Å². The van der Waals surface area contributed by atoms with Gasteiger partial charge >= 0.3 is 6.03 Å². The van der Waals surface area contributed by atoms with Gasteiger partial charge in [-0.3, -0.25) is 9.69 Å². The molecule has 0 spiro atoms. The van der Waals surface area contributed by atoms with E-state index in [0.717, 1.165) is 28.3 Å². The first-order valence-corrected chi connectivity index (χ1v) is 11.8. The predicted octanol–water partition coefficient (Wildman–Crippen LogP) is 6.12. The number of carbonyl (C=O) groups is 2. The van der Waals surface area contributed by atoms with Crippen molar-refractivity contribution in [2.75, 3.05) is 18.6 Å². The molecular formula is C26H27Cl2N3O3. The molecule has 2 aliphatic heterocycles. The van der Waals surface area contributed by atoms with Gasteiger partial charge in [-0.05, 0) is 63.1 Å². The molecule has 4 rings (SSSR count). The molecule has 0 radical (unpaired) electrons. The van der Waals surface area contributed by atoms with E-state index in [0.29, 0.717) is 26.9 Å². The van der Waals surface area contributed by atoms with Crippen LogP contribution in [0.25, 0.3) is 11.6 Å². The van der Waals surface area contributed by atoms with Crippen LogP contribution in [0.4, 0.5) is 10.5 Å². The van der Waals surface area contributed by atoms with Crippen LogP contribution in [0, 0.1) is 0 Å². The summed E-state index contributed by atoms with van der Waals surface area (Å²) < 4.78 is 5.67. The largest absolute Gasteiger partial charge is 0.496 e. The number of amides is 3. The Labute approximate surface area is 209 Å². The van der Waals surface area contributed by atoms with E-state index >= 15 is 0 Å². The lowest BCUT2D eigenvalue weighted by Crippen LogP contribution is -2.44. The van der Waals surface area contributed by atoms with Crippen molar-refractivity contribution in [2.24, 2.45) is 0 Å². The van der Waals surface area contributed by atoms with Crippen LogP contribution < -0.4 is 15.0 Å². The van der Waals surface area contributed by atoms with Gasteiger partial charge in [0.1, 0.15) is 11.4 Å². The molecule has 2 aromatic carbocycles. The third-order valence-corrected chi connectivity index (χ3v) is 6.84. The maximum atomic E-state index is 13.1. The number of hydrogen-bond donors (Lipinski definition) is 1. The molecule has 1 N–H and O–H groups in total. The zero-order valence-corrected chi connectivity index (χ0v) is 21.3. The van der Waals surface area contributed by atoms with Gasteiger partial charge in [-0.25, -0.2) is 4.79 Å². The van der Waals surface area contributed by atoms with Crippen LogP contribution in [0.1, 0.15) is 44.4 Å². The summed E-state index contributed by atoms with van der Waals surface area (Å²) in [6, 6.07) is 8.46. The molecule has 0 aromatic heterocycles. The van der Waals surface area contributed by atoms with E-state index in [-0.39, 0.29) is 17.8 Å². The van der Waals surface area contributed by atoms with Gasteiger partial charge in [0, 0.05) is 39.5 Å². The Morgan fingerprint density at radius 2 is 1.88 bits per heavy atom. The molecule has 6 nitrogen and oxygen atoms in total. The second-order valence-corrected chi connectivity index (χ2v) is 9.80. The lowest BCUT2D eigenvalue weighted by atomic mass is 9.87. The maximum absolute atomic E-state index is 13.1. The van der Waals surface area contributed by atoms with E-state index in [9.17, 15) is 9.59 Å². The summed E-state index contributed by atoms with van der Waals surface area (Å²) in [5, 5.41) is 3.56. The number of ether oxygens (including phenoxy) is 1. The van der Waals surface area contributed by atoms with Crippen molar-refractivity contribution in [3.8, 4) is 5.75 Å². The highest BCUT2D eigenvalue weighted by Crippen LogP contribution is 2.42. The number of hydrogen-bond acceptors (Lipinski definition) is 4. The minimum atomic E-state index is -0.505. The Kier molecular flexibility index (Phi) is 6.40. The fourth-order valence-electron chi connectivity index (χ4n) is 4.68. The SMILES string of the molecule is CCN1c2cc(OC)c(/C=C3/NC(=O)N(Cc4ccc(Cl)cc4Cl)C3=O)cc2C(C)=CC1(C)C. The number of allylic oxidation sites excluding steroid dienone is 1. The summed E-state index contributed by atoms with van der Waals surface area (Å²) in [7, 11) is 1.60. The average molecular weight is 500 g/mol. The summed E-state index contributed by atoms with van der Waals surface area (Å²) in [4.78, 5) is 29.1. The van der Waals surface area contributed by atoms with Gasteiger partial charge in [-0.1, -0.05) is 35.3 Å². The lowest BCUT2D eigenvalue weighted by Gasteiger charge is -2.43. The van der Waals surface area contributed by atoms with Crippen molar-refractivity contribution in [3.63, 3.8) is 0 Å². The first kappa shape index (κ1) is 24.2. The van der Waals surface area contributed by atoms with Crippen molar-refractivity contribution in [3.05, 3.63) is 68.8 Å². The van der Waals surface area contributed by atoms with Gasteiger partial charge in [-0.2, -0.15) is 0 Å². The number of rotatable bonds is 5. The lowest BCUT2D eigenvalue weighted by molar-refractivity contribution is -0.123. The summed E-state index contributed by atoms with van der Waals surface area (Å²) in [5.74, 6) is 0.191. The zero-order valence-electron chi connectivity index (χ0n) is 19.8. The van der Waals surface area contributed by atoms with Crippen molar-refractivity contribution in [1.82, 2.24) is 10.2 Å². The number of carbonyl (C=O) groups excluding carboxylic acids is 2. The summed E-state index contributed by atoms with van der Waals surface area (Å²) in [6.07, 6.45) is 3.90. The number of nitrogens with zero attached hydrogens (tertiary/aromatic N) is 2. The smallest absolute Gasteiger partial charge is 0.329 e. The molecular weight excluding hydrogens is 473 g/mol. The third kappa shape index (κ3) is 4.28. The molecule has 8 heteroatoms. The van der Waals surface area contributed by atoms with Gasteiger partial charge in [0.15, 0.2) is 0 Å². The van der Waals surface area contributed by atoms with E-state index in [1.165, 1.54) is 0 Å². The summed E-state index contributed by atoms with van der Waals surface area (Å²) in [6.45, 7) is 9.44. The quantitative estimate of drug-likeness (QED) is 0.397. The maximum Gasteiger partial charge on any atom is 0.329 e. The number of imide groups is 1. The number of methoxy groups -OCH3 is 1. The summed E-state index contributed by atoms with van der Waals surface area (Å²) >= 11 is 12.2. The topological polar surface area (TPSA) is 61.9 Å². The standard InChI is InChI=1S/C26H27Cl2N3O3/c1-6-31-22-12-23(34-5)17(9-19(22)15(2)13-26(31,3)4)10-21-24(32)30(25(33)29-21)14-16-7-8-18(27)11-20(16)28/h7-13H,6,14H2,1-5H3,(H,29,33)/b21-10+. The Hall–Kier alpha value is -2.96. The Balaban J connectivity index is 1.70. The van der Waals surface area contributed by atoms with Crippen LogP contribution in [-0.4, -0.2) is 36.0 Å². The van der Waals surface area contributed by atoms with Gasteiger partial charge in [0.2, 0.25) is 0 Å². The van der Waals surface area contributed by atoms with Crippen LogP contribution in [-0.2, 0) is 11.3 Å². The molecule has 0 atom stereocenters. The minimum Gasteiger partial charge on any atom is -0.496 e. The molecule has 178 valence electrons. The normalized spacial score (nSPS) is 18.2. The van der Waals surface area contributed by atoms with Gasteiger partial charge in [0.25, 0.3) is 5.91 Å². The predicted molar refractivity (Wildman–Crippen MR) is 137 cm³/mol. The van der Waals surface area contributed by atoms with Crippen LogP contribution in [0.15, 0.2) is 42.1 Å². The fraction of sp³-hybridized carbons (Fsp3) is 0.308. The van der Waals surface area contributed by atoms with E-state index in [2.05, 4.69) is 44.0 Å². The molecule has 1 fully saturated rings. The zero-order chi connectivity index (χ0) is 24.8. The van der Waals surface area contributed by atoms with E-state index in [4.69, 9.17) is 27.9 Å². The molecule has 3 amide bonds. The monoisotopic (exact) mass is 499 g/mol. The van der Waals surface area contributed by atoms with Crippen molar-refractivity contribution < 1.29 is 14.3 Å². The second-order valence-electron chi connectivity index (χ2n) is 8.95. The number of likely N-dealkylation sites (N-methyl/N-ethyl adjacent to an activating group) is 1.